The van der Waals surface area contributed by atoms with Gasteiger partial charge in [0, 0.05) is 27.2 Å². The van der Waals surface area contributed by atoms with E-state index in [2.05, 4.69) is 0 Å². The van der Waals surface area contributed by atoms with Gasteiger partial charge in [0.1, 0.15) is 11.4 Å². The number of hydrogen-bond acceptors (Lipinski definition) is 6. The first-order valence-corrected chi connectivity index (χ1v) is 14.4. The Labute approximate surface area is 218 Å². The summed E-state index contributed by atoms with van der Waals surface area (Å²) < 4.78 is 81.1. The fraction of sp³-hybridized carbons (Fsp3) is 0.320. The van der Waals surface area contributed by atoms with Gasteiger partial charge in [-0.05, 0) is 62.7 Å². The van der Waals surface area contributed by atoms with Crippen molar-refractivity contribution in [1.29, 1.82) is 0 Å². The van der Waals surface area contributed by atoms with Crippen molar-refractivity contribution in [2.75, 3.05) is 24.6 Å². The number of amides is 1. The highest BCUT2D eigenvalue weighted by atomic mass is 32.2. The summed E-state index contributed by atoms with van der Waals surface area (Å²) in [5, 5.41) is 0. The third-order valence-corrected chi connectivity index (χ3v) is 7.86. The number of hydrogen-bond donors (Lipinski definition) is 0. The monoisotopic (exact) mass is 552 g/mol. The lowest BCUT2D eigenvalue weighted by atomic mass is 10.1. The van der Waals surface area contributed by atoms with Crippen LogP contribution in [0.3, 0.4) is 0 Å². The Kier molecular flexibility index (Phi) is 7.33. The first-order valence-electron chi connectivity index (χ1n) is 11.8. The van der Waals surface area contributed by atoms with Crippen LogP contribution in [-0.4, -0.2) is 57.7 Å². The SMILES string of the molecule is [2H]CN(c1cccc(S(=O)(=O)n2cc(CN(C)C(=O)OC(C)(C)C)cc2-c2ccccc2F)c1)S(C)(=O)=O. The van der Waals surface area contributed by atoms with Crippen molar-refractivity contribution in [3.8, 4) is 11.3 Å². The van der Waals surface area contributed by atoms with Crippen LogP contribution in [0.4, 0.5) is 14.9 Å². The van der Waals surface area contributed by atoms with E-state index in [1.165, 1.54) is 60.6 Å². The molecule has 0 aliphatic carbocycles. The van der Waals surface area contributed by atoms with Crippen LogP contribution in [0.15, 0.2) is 65.7 Å². The van der Waals surface area contributed by atoms with E-state index in [0.717, 1.165) is 20.6 Å². The largest absolute Gasteiger partial charge is 0.444 e. The van der Waals surface area contributed by atoms with E-state index in [4.69, 9.17) is 6.11 Å². The van der Waals surface area contributed by atoms with E-state index < -0.39 is 44.6 Å². The van der Waals surface area contributed by atoms with E-state index in [1.807, 2.05) is 0 Å². The number of ether oxygens (including phenoxy) is 1. The maximum Gasteiger partial charge on any atom is 0.410 e. The van der Waals surface area contributed by atoms with Gasteiger partial charge < -0.3 is 9.64 Å². The molecule has 0 bridgehead atoms. The fourth-order valence-corrected chi connectivity index (χ4v) is 5.36. The summed E-state index contributed by atoms with van der Waals surface area (Å²) in [6.07, 6.45) is 1.58. The normalized spacial score (nSPS) is 12.6. The number of benzene rings is 2. The first kappa shape index (κ1) is 26.7. The van der Waals surface area contributed by atoms with Gasteiger partial charge in [-0.25, -0.2) is 30.0 Å². The predicted molar refractivity (Wildman–Crippen MR) is 140 cm³/mol. The average Bonchev–Trinajstić information content (AvgIpc) is 3.22. The van der Waals surface area contributed by atoms with Gasteiger partial charge in [0.15, 0.2) is 0 Å². The molecule has 37 heavy (non-hydrogen) atoms. The topological polar surface area (TPSA) is 106 Å². The number of sulfonamides is 1. The smallest absolute Gasteiger partial charge is 0.410 e. The van der Waals surface area contributed by atoms with Crippen LogP contribution in [0.25, 0.3) is 11.3 Å². The molecule has 0 aliphatic heterocycles. The number of aromatic nitrogens is 1. The number of nitrogens with zero attached hydrogens (tertiary/aromatic N) is 3. The highest BCUT2D eigenvalue weighted by Crippen LogP contribution is 2.31. The molecule has 0 saturated heterocycles. The maximum atomic E-state index is 14.8. The molecule has 0 atom stereocenters. The second-order valence-electron chi connectivity index (χ2n) is 9.46. The van der Waals surface area contributed by atoms with Crippen LogP contribution in [0.1, 0.15) is 27.7 Å². The Bertz CT molecular complexity index is 1550. The summed E-state index contributed by atoms with van der Waals surface area (Å²) in [6.45, 7) is 5.13. The summed E-state index contributed by atoms with van der Waals surface area (Å²) in [5.74, 6) is -0.652. The number of carbonyl (C=O) groups excluding carboxylic acids is 1. The average molecular weight is 553 g/mol. The number of rotatable bonds is 7. The lowest BCUT2D eigenvalue weighted by Gasteiger charge is -2.24. The molecule has 1 aromatic heterocycles. The summed E-state index contributed by atoms with van der Waals surface area (Å²) >= 11 is 0. The van der Waals surface area contributed by atoms with Crippen LogP contribution in [0, 0.1) is 5.82 Å². The summed E-state index contributed by atoms with van der Waals surface area (Å²) in [5.41, 5.74) is -0.319. The highest BCUT2D eigenvalue weighted by Gasteiger charge is 2.26. The molecule has 0 spiro atoms. The lowest BCUT2D eigenvalue weighted by Crippen LogP contribution is -2.33. The van der Waals surface area contributed by atoms with E-state index in [9.17, 15) is 26.0 Å². The Hall–Kier alpha value is -3.38. The molecule has 0 aliphatic rings. The Morgan fingerprint density at radius 2 is 1.76 bits per heavy atom. The van der Waals surface area contributed by atoms with Crippen LogP contribution >= 0.6 is 0 Å². The molecule has 200 valence electrons. The van der Waals surface area contributed by atoms with Crippen molar-refractivity contribution < 1.29 is 32.1 Å². The van der Waals surface area contributed by atoms with Crippen LogP contribution in [-0.2, 0) is 31.3 Å². The molecular weight excluding hydrogens is 521 g/mol. The van der Waals surface area contributed by atoms with Crippen LogP contribution in [0.5, 0.6) is 0 Å². The van der Waals surface area contributed by atoms with E-state index in [-0.39, 0.29) is 28.4 Å². The summed E-state index contributed by atoms with van der Waals surface area (Å²) in [4.78, 5) is 13.5. The van der Waals surface area contributed by atoms with Gasteiger partial charge in [0.2, 0.25) is 10.0 Å². The standard InChI is InChI=1S/C25H30FN3O6S2/c1-25(2,3)35-24(30)27(4)16-18-14-23(21-12-7-8-13-22(21)26)29(17-18)37(33,34)20-11-9-10-19(15-20)28(5)36(6,31)32/h7-15,17H,16H2,1-6H3/i5D. The number of halogens is 1. The van der Waals surface area contributed by atoms with E-state index in [1.54, 1.807) is 26.8 Å². The van der Waals surface area contributed by atoms with Crippen molar-refractivity contribution >= 4 is 31.8 Å². The van der Waals surface area contributed by atoms with E-state index in [0.29, 0.717) is 5.56 Å². The number of carbonyl (C=O) groups is 1. The van der Waals surface area contributed by atoms with Gasteiger partial charge in [-0.3, -0.25) is 4.31 Å². The molecule has 0 N–H and O–H groups in total. The van der Waals surface area contributed by atoms with Crippen molar-refractivity contribution in [3.05, 3.63) is 72.2 Å². The molecule has 0 saturated carbocycles. The van der Waals surface area contributed by atoms with Crippen molar-refractivity contribution in [1.82, 2.24) is 8.87 Å². The minimum atomic E-state index is -4.38. The molecule has 0 radical (unpaired) electrons. The fourth-order valence-electron chi connectivity index (χ4n) is 3.43. The van der Waals surface area contributed by atoms with E-state index >= 15 is 0 Å². The zero-order chi connectivity index (χ0) is 28.5. The Morgan fingerprint density at radius 1 is 1.08 bits per heavy atom. The summed E-state index contributed by atoms with van der Waals surface area (Å²) in [7, 11) is -7.37. The van der Waals surface area contributed by atoms with Gasteiger partial charge in [0.25, 0.3) is 10.0 Å². The molecule has 9 nitrogen and oxygen atoms in total. The van der Waals surface area contributed by atoms with Gasteiger partial charge in [-0.1, -0.05) is 18.2 Å². The zero-order valence-corrected chi connectivity index (χ0v) is 22.8. The molecule has 0 unspecified atom stereocenters. The highest BCUT2D eigenvalue weighted by molar-refractivity contribution is 7.92. The van der Waals surface area contributed by atoms with Gasteiger partial charge >= 0.3 is 6.09 Å². The number of anilines is 1. The quantitative estimate of drug-likeness (QED) is 0.433. The molecule has 3 aromatic rings. The molecule has 3 rings (SSSR count). The van der Waals surface area contributed by atoms with Gasteiger partial charge in [-0.15, -0.1) is 0 Å². The molecule has 1 heterocycles. The zero-order valence-electron chi connectivity index (χ0n) is 22.2. The Balaban J connectivity index is 2.13. The minimum Gasteiger partial charge on any atom is -0.444 e. The summed E-state index contributed by atoms with van der Waals surface area (Å²) in [6, 6.07) is 12.3. The molecule has 0 fully saturated rings. The molecule has 12 heteroatoms. The molecule has 2 aromatic carbocycles. The second-order valence-corrected chi connectivity index (χ2v) is 13.2. The molecule has 1 amide bonds. The van der Waals surface area contributed by atoms with Crippen molar-refractivity contribution in [2.24, 2.45) is 0 Å². The lowest BCUT2D eigenvalue weighted by molar-refractivity contribution is 0.0285. The first-order chi connectivity index (χ1) is 17.5. The predicted octanol–water partition coefficient (Wildman–Crippen LogP) is 4.29. The van der Waals surface area contributed by atoms with Crippen LogP contribution < -0.4 is 4.31 Å². The van der Waals surface area contributed by atoms with Gasteiger partial charge in [0.05, 0.1) is 29.1 Å². The van der Waals surface area contributed by atoms with Gasteiger partial charge in [-0.2, -0.15) is 0 Å². The molecular formula is C25H30FN3O6S2. The Morgan fingerprint density at radius 3 is 2.35 bits per heavy atom. The third kappa shape index (κ3) is 6.50. The third-order valence-electron chi connectivity index (χ3n) is 5.18. The van der Waals surface area contributed by atoms with Crippen LogP contribution in [0.2, 0.25) is 0 Å². The van der Waals surface area contributed by atoms with Crippen molar-refractivity contribution in [2.45, 2.75) is 37.8 Å². The maximum absolute atomic E-state index is 14.8. The second kappa shape index (κ2) is 10.2. The van der Waals surface area contributed by atoms with Crippen molar-refractivity contribution in [3.63, 3.8) is 0 Å². The minimum absolute atomic E-state index is 0.00643.